The van der Waals surface area contributed by atoms with E-state index in [0.717, 1.165) is 6.42 Å². The summed E-state index contributed by atoms with van der Waals surface area (Å²) in [5.41, 5.74) is 6.88. The van der Waals surface area contributed by atoms with E-state index in [9.17, 15) is 8.42 Å². The molecule has 0 radical (unpaired) electrons. The van der Waals surface area contributed by atoms with Crippen LogP contribution in [0.1, 0.15) is 20.3 Å². The molecule has 94 valence electrons. The third kappa shape index (κ3) is 2.37. The first-order chi connectivity index (χ1) is 7.72. The maximum Gasteiger partial charge on any atom is 0.240 e. The van der Waals surface area contributed by atoms with E-state index in [4.69, 9.17) is 10.9 Å². The third-order valence-electron chi connectivity index (χ3n) is 3.22. The zero-order valence-electron chi connectivity index (χ0n) is 9.90. The SMILES string of the molecule is CC1(C)CC1Nc1cccc(S(N)(=O)=O)c1N. The van der Waals surface area contributed by atoms with Crippen molar-refractivity contribution in [1.82, 2.24) is 0 Å². The monoisotopic (exact) mass is 255 g/mol. The van der Waals surface area contributed by atoms with Gasteiger partial charge in [0.2, 0.25) is 10.0 Å². The number of benzene rings is 1. The summed E-state index contributed by atoms with van der Waals surface area (Å²) in [6, 6.07) is 5.14. The normalized spacial score (nSPS) is 22.2. The second kappa shape index (κ2) is 3.61. The summed E-state index contributed by atoms with van der Waals surface area (Å²) in [5, 5.41) is 8.33. The Kier molecular flexibility index (Phi) is 2.59. The van der Waals surface area contributed by atoms with Crippen molar-refractivity contribution >= 4 is 21.4 Å². The van der Waals surface area contributed by atoms with Gasteiger partial charge >= 0.3 is 0 Å². The highest BCUT2D eigenvalue weighted by atomic mass is 32.2. The van der Waals surface area contributed by atoms with Crippen molar-refractivity contribution in [3.63, 3.8) is 0 Å². The number of sulfonamides is 1. The fourth-order valence-electron chi connectivity index (χ4n) is 1.82. The molecule has 17 heavy (non-hydrogen) atoms. The first kappa shape index (κ1) is 12.2. The first-order valence-corrected chi connectivity index (χ1v) is 6.94. The van der Waals surface area contributed by atoms with Crippen LogP contribution in [0.2, 0.25) is 0 Å². The minimum absolute atomic E-state index is 0.0269. The van der Waals surface area contributed by atoms with Crippen molar-refractivity contribution in [1.29, 1.82) is 0 Å². The summed E-state index contributed by atoms with van der Waals surface area (Å²) in [7, 11) is -3.77. The summed E-state index contributed by atoms with van der Waals surface area (Å²) >= 11 is 0. The van der Waals surface area contributed by atoms with Crippen molar-refractivity contribution in [3.8, 4) is 0 Å². The molecule has 1 aliphatic carbocycles. The van der Waals surface area contributed by atoms with Gasteiger partial charge in [0.05, 0.1) is 11.4 Å². The molecule has 6 heteroatoms. The number of hydrogen-bond acceptors (Lipinski definition) is 4. The van der Waals surface area contributed by atoms with Gasteiger partial charge in [0.15, 0.2) is 0 Å². The highest BCUT2D eigenvalue weighted by Crippen LogP contribution is 2.47. The van der Waals surface area contributed by atoms with Crippen LogP contribution in [-0.2, 0) is 10.0 Å². The minimum atomic E-state index is -3.77. The van der Waals surface area contributed by atoms with Crippen LogP contribution in [-0.4, -0.2) is 14.5 Å². The maximum absolute atomic E-state index is 11.3. The predicted molar refractivity (Wildman–Crippen MR) is 68.0 cm³/mol. The molecule has 1 unspecified atom stereocenters. The lowest BCUT2D eigenvalue weighted by molar-refractivity contribution is 0.598. The number of primary sulfonamides is 1. The Morgan fingerprint density at radius 2 is 2.00 bits per heavy atom. The van der Waals surface area contributed by atoms with Gasteiger partial charge in [-0.05, 0) is 24.0 Å². The highest BCUT2D eigenvalue weighted by molar-refractivity contribution is 7.89. The van der Waals surface area contributed by atoms with Crippen molar-refractivity contribution in [2.75, 3.05) is 11.1 Å². The van der Waals surface area contributed by atoms with Crippen LogP contribution in [0.5, 0.6) is 0 Å². The van der Waals surface area contributed by atoms with Gasteiger partial charge in [0.1, 0.15) is 4.90 Å². The Hall–Kier alpha value is -1.27. The topological polar surface area (TPSA) is 98.2 Å². The summed E-state index contributed by atoms with van der Waals surface area (Å²) < 4.78 is 22.6. The summed E-state index contributed by atoms with van der Waals surface area (Å²) in [6.07, 6.45) is 1.05. The summed E-state index contributed by atoms with van der Waals surface area (Å²) in [4.78, 5) is -0.0269. The zero-order chi connectivity index (χ0) is 12.8. The van der Waals surface area contributed by atoms with Crippen LogP contribution in [0.3, 0.4) is 0 Å². The van der Waals surface area contributed by atoms with Crippen LogP contribution in [0.4, 0.5) is 11.4 Å². The number of nitrogens with one attached hydrogen (secondary N) is 1. The Bertz CT molecular complexity index is 552. The number of anilines is 2. The molecule has 5 N–H and O–H groups in total. The van der Waals surface area contributed by atoms with E-state index in [0.29, 0.717) is 11.7 Å². The molecule has 0 spiro atoms. The molecule has 2 rings (SSSR count). The Morgan fingerprint density at radius 1 is 1.41 bits per heavy atom. The molecule has 0 heterocycles. The van der Waals surface area contributed by atoms with Crippen LogP contribution >= 0.6 is 0 Å². The lowest BCUT2D eigenvalue weighted by Crippen LogP contribution is -2.16. The fourth-order valence-corrected chi connectivity index (χ4v) is 2.50. The Labute approximate surface area is 101 Å². The number of rotatable bonds is 3. The molecule has 5 nitrogen and oxygen atoms in total. The van der Waals surface area contributed by atoms with Crippen molar-refractivity contribution < 1.29 is 8.42 Å². The Balaban J connectivity index is 2.31. The lowest BCUT2D eigenvalue weighted by Gasteiger charge is -2.13. The van der Waals surface area contributed by atoms with Gasteiger partial charge in [-0.15, -0.1) is 0 Å². The average molecular weight is 255 g/mol. The molecule has 1 fully saturated rings. The minimum Gasteiger partial charge on any atom is -0.396 e. The third-order valence-corrected chi connectivity index (χ3v) is 4.18. The number of hydrogen-bond donors (Lipinski definition) is 3. The lowest BCUT2D eigenvalue weighted by atomic mass is 10.2. The number of para-hydroxylation sites is 1. The number of nitrogens with two attached hydrogens (primary N) is 2. The molecule has 1 aromatic rings. The second-order valence-corrected chi connectivity index (χ2v) is 6.68. The van der Waals surface area contributed by atoms with E-state index in [1.165, 1.54) is 6.07 Å². The quantitative estimate of drug-likeness (QED) is 0.705. The van der Waals surface area contributed by atoms with Crippen molar-refractivity contribution in [2.24, 2.45) is 10.6 Å². The predicted octanol–water partition coefficient (Wildman–Crippen LogP) is 1.13. The van der Waals surface area contributed by atoms with Crippen molar-refractivity contribution in [3.05, 3.63) is 18.2 Å². The standard InChI is InChI=1S/C11H17N3O2S/c1-11(2)6-9(11)14-7-4-3-5-8(10(7)12)17(13,15)16/h3-5,9,14H,6,12H2,1-2H3,(H2,13,15,16). The van der Waals surface area contributed by atoms with E-state index >= 15 is 0 Å². The first-order valence-electron chi connectivity index (χ1n) is 5.40. The van der Waals surface area contributed by atoms with Gasteiger partial charge in [-0.1, -0.05) is 19.9 Å². The largest absolute Gasteiger partial charge is 0.396 e. The summed E-state index contributed by atoms with van der Waals surface area (Å²) in [6.45, 7) is 4.29. The van der Waals surface area contributed by atoms with Crippen LogP contribution in [0.15, 0.2) is 23.1 Å². The van der Waals surface area contributed by atoms with E-state index in [2.05, 4.69) is 19.2 Å². The van der Waals surface area contributed by atoms with Crippen LogP contribution < -0.4 is 16.2 Å². The van der Waals surface area contributed by atoms with E-state index in [1.54, 1.807) is 12.1 Å². The molecule has 0 amide bonds. The van der Waals surface area contributed by atoms with Gasteiger partial charge in [0, 0.05) is 6.04 Å². The zero-order valence-corrected chi connectivity index (χ0v) is 10.7. The van der Waals surface area contributed by atoms with Gasteiger partial charge in [-0.3, -0.25) is 0 Å². The highest BCUT2D eigenvalue weighted by Gasteiger charge is 2.45. The van der Waals surface area contributed by atoms with Gasteiger partial charge in [0.25, 0.3) is 0 Å². The summed E-state index contributed by atoms with van der Waals surface area (Å²) in [5.74, 6) is 0. The Morgan fingerprint density at radius 3 is 2.47 bits per heavy atom. The molecule has 1 saturated carbocycles. The van der Waals surface area contributed by atoms with Crippen LogP contribution in [0, 0.1) is 5.41 Å². The molecule has 1 atom stereocenters. The molecule has 0 saturated heterocycles. The van der Waals surface area contributed by atoms with Crippen molar-refractivity contribution in [2.45, 2.75) is 31.2 Å². The molecule has 1 aliphatic rings. The van der Waals surface area contributed by atoms with Gasteiger partial charge < -0.3 is 11.1 Å². The molecular formula is C11H17N3O2S. The molecule has 0 aromatic heterocycles. The van der Waals surface area contributed by atoms with E-state index < -0.39 is 10.0 Å². The fraction of sp³-hybridized carbons (Fsp3) is 0.455. The second-order valence-electron chi connectivity index (χ2n) is 5.15. The van der Waals surface area contributed by atoms with E-state index in [-0.39, 0.29) is 16.0 Å². The van der Waals surface area contributed by atoms with Gasteiger partial charge in [-0.2, -0.15) is 0 Å². The molecule has 1 aromatic carbocycles. The van der Waals surface area contributed by atoms with E-state index in [1.807, 2.05) is 0 Å². The molecule has 0 aliphatic heterocycles. The maximum atomic E-state index is 11.3. The molecular weight excluding hydrogens is 238 g/mol. The van der Waals surface area contributed by atoms with Crippen LogP contribution in [0.25, 0.3) is 0 Å². The average Bonchev–Trinajstić information content (AvgIpc) is 2.75. The van der Waals surface area contributed by atoms with Gasteiger partial charge in [-0.25, -0.2) is 13.6 Å². The smallest absolute Gasteiger partial charge is 0.240 e. The number of nitrogen functional groups attached to an aromatic ring is 1. The molecule has 0 bridgehead atoms.